The highest BCUT2D eigenvalue weighted by Crippen LogP contribution is 2.60. The number of nitrogens with zero attached hydrogens (tertiary/aromatic N) is 1. The van der Waals surface area contributed by atoms with Gasteiger partial charge in [-0.25, -0.2) is 0 Å². The van der Waals surface area contributed by atoms with E-state index in [2.05, 4.69) is 19.9 Å². The number of hydrogen-bond donors (Lipinski definition) is 0. The highest BCUT2D eigenvalue weighted by molar-refractivity contribution is 5.07. The van der Waals surface area contributed by atoms with E-state index in [1.54, 1.807) is 12.8 Å². The Hall–Kier alpha value is -0.510. The summed E-state index contributed by atoms with van der Waals surface area (Å²) < 4.78 is 0. The summed E-state index contributed by atoms with van der Waals surface area (Å²) in [5, 5.41) is 9.90. The maximum Gasteiger partial charge on any atom is 0.0689 e. The Labute approximate surface area is 175 Å². The lowest BCUT2D eigenvalue weighted by Gasteiger charge is -2.56. The Bertz CT molecular complexity index is 547. The predicted octanol–water partition coefficient (Wildman–Crippen LogP) is 8.15. The molecule has 4 aliphatic rings. The van der Waals surface area contributed by atoms with Crippen LogP contribution in [-0.2, 0) is 0 Å². The van der Waals surface area contributed by atoms with Gasteiger partial charge in [0.15, 0.2) is 0 Å². The Balaban J connectivity index is 1.36. The molecule has 1 nitrogen and oxygen atoms in total. The maximum atomic E-state index is 9.90. The molecule has 4 aliphatic carbocycles. The van der Waals surface area contributed by atoms with Gasteiger partial charge in [-0.05, 0) is 106 Å². The van der Waals surface area contributed by atoms with Gasteiger partial charge in [-0.15, -0.1) is 0 Å². The molecule has 8 atom stereocenters. The number of fused-ring (bicyclic) bond motifs is 5. The molecule has 0 saturated heterocycles. The second kappa shape index (κ2) is 9.10. The van der Waals surface area contributed by atoms with Crippen molar-refractivity contribution >= 4 is 0 Å². The van der Waals surface area contributed by atoms with Crippen LogP contribution >= 0.6 is 0 Å². The first-order valence-electron chi connectivity index (χ1n) is 13.1. The van der Waals surface area contributed by atoms with Crippen molar-refractivity contribution in [2.24, 2.45) is 46.8 Å². The maximum absolute atomic E-state index is 9.90. The smallest absolute Gasteiger partial charge is 0.0689 e. The minimum absolute atomic E-state index is 0.0382. The molecule has 0 aromatic heterocycles. The summed E-state index contributed by atoms with van der Waals surface area (Å²) >= 11 is 0. The second-order valence-electron chi connectivity index (χ2n) is 11.4. The molecule has 0 aromatic rings. The van der Waals surface area contributed by atoms with Crippen LogP contribution in [0.4, 0.5) is 0 Å². The normalized spacial score (nSPS) is 45.4. The number of rotatable bonds is 6. The van der Waals surface area contributed by atoms with E-state index in [1.165, 1.54) is 83.5 Å². The number of hydrogen-bond acceptors (Lipinski definition) is 1. The average molecular weight is 384 g/mol. The molecule has 4 rings (SSSR count). The van der Waals surface area contributed by atoms with Gasteiger partial charge in [-0.3, -0.25) is 0 Å². The minimum atomic E-state index is 0.0382. The van der Waals surface area contributed by atoms with Gasteiger partial charge in [-0.2, -0.15) is 5.26 Å². The van der Waals surface area contributed by atoms with Crippen LogP contribution in [0.15, 0.2) is 0 Å². The molecular weight excluding hydrogens is 338 g/mol. The zero-order valence-electron chi connectivity index (χ0n) is 18.8. The van der Waals surface area contributed by atoms with Crippen molar-refractivity contribution in [2.45, 2.75) is 117 Å². The van der Waals surface area contributed by atoms with Gasteiger partial charge >= 0.3 is 0 Å². The highest BCUT2D eigenvalue weighted by atomic mass is 14.6. The Morgan fingerprint density at radius 1 is 0.786 bits per heavy atom. The fourth-order valence-electron chi connectivity index (χ4n) is 8.71. The first kappa shape index (κ1) is 20.8. The quantitative estimate of drug-likeness (QED) is 0.424. The molecule has 0 N–H and O–H groups in total. The van der Waals surface area contributed by atoms with Crippen LogP contribution < -0.4 is 0 Å². The third-order valence-electron chi connectivity index (χ3n) is 9.94. The van der Waals surface area contributed by atoms with E-state index >= 15 is 0 Å². The van der Waals surface area contributed by atoms with Gasteiger partial charge < -0.3 is 0 Å². The van der Waals surface area contributed by atoms with E-state index in [4.69, 9.17) is 0 Å². The summed E-state index contributed by atoms with van der Waals surface area (Å²) in [6.07, 6.45) is 22.6. The van der Waals surface area contributed by atoms with Crippen LogP contribution in [0, 0.1) is 58.2 Å². The third kappa shape index (κ3) is 4.04. The Morgan fingerprint density at radius 2 is 1.50 bits per heavy atom. The van der Waals surface area contributed by atoms with Crippen LogP contribution in [0.2, 0.25) is 0 Å². The summed E-state index contributed by atoms with van der Waals surface area (Å²) in [7, 11) is 0. The average Bonchev–Trinajstić information content (AvgIpc) is 2.73. The van der Waals surface area contributed by atoms with Crippen molar-refractivity contribution < 1.29 is 0 Å². The number of unbranched alkanes of at least 4 members (excludes halogenated alkanes) is 2. The number of nitriles is 1. The largest absolute Gasteiger partial charge is 0.198 e. The van der Waals surface area contributed by atoms with Gasteiger partial charge in [0.2, 0.25) is 0 Å². The van der Waals surface area contributed by atoms with Crippen molar-refractivity contribution in [3.8, 4) is 6.07 Å². The molecule has 0 bridgehead atoms. The van der Waals surface area contributed by atoms with Crippen molar-refractivity contribution in [2.75, 3.05) is 0 Å². The van der Waals surface area contributed by atoms with Gasteiger partial charge in [0.05, 0.1) is 11.5 Å². The first-order chi connectivity index (χ1) is 13.7. The van der Waals surface area contributed by atoms with E-state index in [1.807, 2.05) is 0 Å². The van der Waals surface area contributed by atoms with Crippen LogP contribution in [-0.4, -0.2) is 0 Å². The molecule has 0 spiro atoms. The van der Waals surface area contributed by atoms with Crippen LogP contribution in [0.1, 0.15) is 117 Å². The fourth-order valence-corrected chi connectivity index (χ4v) is 8.71. The van der Waals surface area contributed by atoms with E-state index in [0.717, 1.165) is 47.8 Å². The Morgan fingerprint density at radius 3 is 2.21 bits per heavy atom. The summed E-state index contributed by atoms with van der Waals surface area (Å²) in [5.74, 6) is 7.12. The molecular formula is C27H45N. The van der Waals surface area contributed by atoms with E-state index in [0.29, 0.717) is 0 Å². The SMILES string of the molecule is CCCCC[C@H]1CCC2C(CCC3C4CC[C@@](C#N)(CCC)CC4CCC23)C1. The molecule has 1 heteroatoms. The second-order valence-corrected chi connectivity index (χ2v) is 11.4. The molecule has 0 aliphatic heterocycles. The molecule has 158 valence electrons. The van der Waals surface area contributed by atoms with Gasteiger partial charge in [-0.1, -0.05) is 52.4 Å². The molecule has 0 heterocycles. The molecule has 6 unspecified atom stereocenters. The van der Waals surface area contributed by atoms with Crippen LogP contribution in [0.3, 0.4) is 0 Å². The third-order valence-corrected chi connectivity index (χ3v) is 9.94. The van der Waals surface area contributed by atoms with Crippen molar-refractivity contribution in [3.63, 3.8) is 0 Å². The summed E-state index contributed by atoms with van der Waals surface area (Å²) in [6, 6.07) is 2.79. The van der Waals surface area contributed by atoms with Gasteiger partial charge in [0, 0.05) is 0 Å². The molecule has 0 radical (unpaired) electrons. The van der Waals surface area contributed by atoms with Gasteiger partial charge in [0.1, 0.15) is 0 Å². The van der Waals surface area contributed by atoms with Gasteiger partial charge in [0.25, 0.3) is 0 Å². The van der Waals surface area contributed by atoms with E-state index in [-0.39, 0.29) is 5.41 Å². The lowest BCUT2D eigenvalue weighted by Crippen LogP contribution is -2.48. The highest BCUT2D eigenvalue weighted by Gasteiger charge is 2.51. The van der Waals surface area contributed by atoms with E-state index in [9.17, 15) is 5.26 Å². The molecule has 4 fully saturated rings. The zero-order chi connectivity index (χ0) is 19.6. The topological polar surface area (TPSA) is 23.8 Å². The molecule has 0 amide bonds. The van der Waals surface area contributed by atoms with Crippen molar-refractivity contribution in [1.82, 2.24) is 0 Å². The summed E-state index contributed by atoms with van der Waals surface area (Å²) in [4.78, 5) is 0. The zero-order valence-corrected chi connectivity index (χ0v) is 18.8. The molecule has 0 aromatic carbocycles. The van der Waals surface area contributed by atoms with Crippen molar-refractivity contribution in [3.05, 3.63) is 0 Å². The first-order valence-corrected chi connectivity index (χ1v) is 13.1. The Kier molecular flexibility index (Phi) is 6.74. The fraction of sp³-hybridized carbons (Fsp3) is 0.963. The lowest BCUT2D eigenvalue weighted by atomic mass is 9.48. The molecule has 4 saturated carbocycles. The van der Waals surface area contributed by atoms with Crippen LogP contribution in [0.5, 0.6) is 0 Å². The minimum Gasteiger partial charge on any atom is -0.198 e. The van der Waals surface area contributed by atoms with Crippen molar-refractivity contribution in [1.29, 1.82) is 5.26 Å². The monoisotopic (exact) mass is 383 g/mol. The van der Waals surface area contributed by atoms with Crippen LogP contribution in [0.25, 0.3) is 0 Å². The summed E-state index contributed by atoms with van der Waals surface area (Å²) in [5.41, 5.74) is 0.0382. The lowest BCUT2D eigenvalue weighted by molar-refractivity contribution is -0.0637. The summed E-state index contributed by atoms with van der Waals surface area (Å²) in [6.45, 7) is 4.60. The predicted molar refractivity (Wildman–Crippen MR) is 118 cm³/mol. The molecule has 28 heavy (non-hydrogen) atoms. The standard InChI is InChI=1S/C27H45N/c1-3-5-6-7-20-8-11-23-21(17-20)9-12-26-24-14-16-27(19-28,15-4-2)18-22(24)10-13-25(23)26/h20-26H,3-18H2,1-2H3/t20-,21?,22?,23?,24?,25?,26?,27-/m0/s1. The van der Waals surface area contributed by atoms with E-state index < -0.39 is 0 Å².